The number of anilines is 2. The van der Waals surface area contributed by atoms with Crippen molar-refractivity contribution in [3.05, 3.63) is 89.2 Å². The summed E-state index contributed by atoms with van der Waals surface area (Å²) in [7, 11) is 1.29. The fourth-order valence-electron chi connectivity index (χ4n) is 4.18. The quantitative estimate of drug-likeness (QED) is 0.291. The van der Waals surface area contributed by atoms with Crippen molar-refractivity contribution in [1.82, 2.24) is 9.55 Å². The molecule has 4 rings (SSSR count). The summed E-state index contributed by atoms with van der Waals surface area (Å²) in [5.41, 5.74) is 2.80. The van der Waals surface area contributed by atoms with E-state index in [1.807, 2.05) is 44.2 Å². The maximum Gasteiger partial charge on any atom is 0.356 e. The van der Waals surface area contributed by atoms with Crippen molar-refractivity contribution in [2.45, 2.75) is 33.4 Å². The third-order valence-corrected chi connectivity index (χ3v) is 5.72. The zero-order valence-corrected chi connectivity index (χ0v) is 20.8. The molecule has 7 nitrogen and oxygen atoms in total. The average Bonchev–Trinajstić information content (AvgIpc) is 3.14. The van der Waals surface area contributed by atoms with Gasteiger partial charge in [-0.25, -0.2) is 18.6 Å². The standard InChI is InChI=1S/C28H28F2N4O3/c1-17(2)16-34-26(28(36)37-3)25(33-24(35)11-18-7-5-4-6-8-18)23-13-22(15-32-27(23)34)31-14-19-9-20(29)12-21(30)10-19/h4-10,12-13,15,17,31H,11,14,16H2,1-3H3,(H,33,35). The Morgan fingerprint density at radius 1 is 1.03 bits per heavy atom. The van der Waals surface area contributed by atoms with Crippen LogP contribution in [0, 0.1) is 17.6 Å². The molecule has 192 valence electrons. The Labute approximate surface area is 213 Å². The minimum absolute atomic E-state index is 0.120. The number of hydrogen-bond acceptors (Lipinski definition) is 5. The van der Waals surface area contributed by atoms with Crippen LogP contribution >= 0.6 is 0 Å². The van der Waals surface area contributed by atoms with Crippen molar-refractivity contribution in [2.24, 2.45) is 5.92 Å². The molecule has 1 amide bonds. The molecule has 0 spiro atoms. The normalized spacial score (nSPS) is 11.1. The fraction of sp³-hybridized carbons (Fsp3) is 0.250. The van der Waals surface area contributed by atoms with E-state index in [2.05, 4.69) is 15.6 Å². The fourth-order valence-corrected chi connectivity index (χ4v) is 4.18. The van der Waals surface area contributed by atoms with E-state index >= 15 is 0 Å². The van der Waals surface area contributed by atoms with Crippen molar-refractivity contribution in [1.29, 1.82) is 0 Å². The van der Waals surface area contributed by atoms with Gasteiger partial charge in [0.05, 0.1) is 31.1 Å². The molecule has 9 heteroatoms. The monoisotopic (exact) mass is 506 g/mol. The van der Waals surface area contributed by atoms with Crippen LogP contribution in [0.3, 0.4) is 0 Å². The first-order valence-electron chi connectivity index (χ1n) is 11.9. The number of esters is 1. The lowest BCUT2D eigenvalue weighted by molar-refractivity contribution is -0.115. The van der Waals surface area contributed by atoms with Crippen LogP contribution in [-0.2, 0) is 29.0 Å². The Balaban J connectivity index is 1.74. The van der Waals surface area contributed by atoms with Gasteiger partial charge in [-0.05, 0) is 35.2 Å². The Hall–Kier alpha value is -4.27. The van der Waals surface area contributed by atoms with Gasteiger partial charge in [-0.2, -0.15) is 0 Å². The number of methoxy groups -OCH3 is 1. The molecule has 4 aromatic rings. The first-order chi connectivity index (χ1) is 17.7. The van der Waals surface area contributed by atoms with Gasteiger partial charge in [-0.1, -0.05) is 44.2 Å². The zero-order chi connectivity index (χ0) is 26.5. The van der Waals surface area contributed by atoms with Gasteiger partial charge in [-0.15, -0.1) is 0 Å². The lowest BCUT2D eigenvalue weighted by Crippen LogP contribution is -2.19. The summed E-state index contributed by atoms with van der Waals surface area (Å²) >= 11 is 0. The number of hydrogen-bond donors (Lipinski definition) is 2. The summed E-state index contributed by atoms with van der Waals surface area (Å²) in [6.45, 7) is 4.63. The molecular weight excluding hydrogens is 478 g/mol. The number of aromatic nitrogens is 2. The number of nitrogens with one attached hydrogen (secondary N) is 2. The van der Waals surface area contributed by atoms with E-state index in [0.29, 0.717) is 34.5 Å². The molecule has 0 aliphatic heterocycles. The number of carbonyl (C=O) groups is 2. The van der Waals surface area contributed by atoms with Crippen LogP contribution in [-0.4, -0.2) is 28.5 Å². The predicted molar refractivity (Wildman–Crippen MR) is 138 cm³/mol. The van der Waals surface area contributed by atoms with Crippen molar-refractivity contribution in [3.8, 4) is 0 Å². The van der Waals surface area contributed by atoms with Crippen molar-refractivity contribution < 1.29 is 23.1 Å². The predicted octanol–water partition coefficient (Wildman–Crippen LogP) is 5.55. The number of amides is 1. The number of benzene rings is 2. The highest BCUT2D eigenvalue weighted by molar-refractivity contribution is 6.11. The van der Waals surface area contributed by atoms with Crippen LogP contribution in [0.2, 0.25) is 0 Å². The van der Waals surface area contributed by atoms with Gasteiger partial charge in [0, 0.05) is 24.5 Å². The van der Waals surface area contributed by atoms with Gasteiger partial charge in [0.15, 0.2) is 5.69 Å². The third-order valence-electron chi connectivity index (χ3n) is 5.72. The van der Waals surface area contributed by atoms with Crippen LogP contribution in [0.15, 0.2) is 60.8 Å². The zero-order valence-electron chi connectivity index (χ0n) is 20.8. The van der Waals surface area contributed by atoms with E-state index in [9.17, 15) is 18.4 Å². The number of nitrogens with zero attached hydrogens (tertiary/aromatic N) is 2. The molecular formula is C28H28F2N4O3. The average molecular weight is 507 g/mol. The minimum Gasteiger partial charge on any atom is -0.464 e. The van der Waals surface area contributed by atoms with Crippen LogP contribution in [0.1, 0.15) is 35.5 Å². The van der Waals surface area contributed by atoms with Gasteiger partial charge in [-0.3, -0.25) is 4.79 Å². The van der Waals surface area contributed by atoms with E-state index in [1.165, 1.54) is 19.2 Å². The second kappa shape index (κ2) is 11.2. The molecule has 0 unspecified atom stereocenters. The molecule has 37 heavy (non-hydrogen) atoms. The van der Waals surface area contributed by atoms with Gasteiger partial charge in [0.25, 0.3) is 0 Å². The van der Waals surface area contributed by atoms with E-state index in [1.54, 1.807) is 16.8 Å². The Morgan fingerprint density at radius 3 is 2.38 bits per heavy atom. The molecule has 2 aromatic carbocycles. The first kappa shape index (κ1) is 25.8. The van der Waals surface area contributed by atoms with E-state index in [4.69, 9.17) is 4.74 Å². The van der Waals surface area contributed by atoms with Crippen LogP contribution in [0.5, 0.6) is 0 Å². The number of rotatable bonds is 9. The summed E-state index contributed by atoms with van der Waals surface area (Å²) in [5, 5.41) is 6.55. The smallest absolute Gasteiger partial charge is 0.356 e. The summed E-state index contributed by atoms with van der Waals surface area (Å²) in [6.07, 6.45) is 1.69. The highest BCUT2D eigenvalue weighted by Crippen LogP contribution is 2.33. The second-order valence-corrected chi connectivity index (χ2v) is 9.16. The SMILES string of the molecule is COC(=O)c1c(NC(=O)Cc2ccccc2)c2cc(NCc3cc(F)cc(F)c3)cnc2n1CC(C)C. The number of carbonyl (C=O) groups excluding carboxylic acids is 2. The number of fused-ring (bicyclic) bond motifs is 1. The number of pyridine rings is 1. The van der Waals surface area contributed by atoms with Crippen LogP contribution in [0.4, 0.5) is 20.2 Å². The molecule has 0 aliphatic carbocycles. The summed E-state index contributed by atoms with van der Waals surface area (Å²) in [6, 6.07) is 14.3. The lowest BCUT2D eigenvalue weighted by atomic mass is 10.1. The second-order valence-electron chi connectivity index (χ2n) is 9.16. The largest absolute Gasteiger partial charge is 0.464 e. The summed E-state index contributed by atoms with van der Waals surface area (Å²) < 4.78 is 34.0. The maximum atomic E-state index is 13.6. The summed E-state index contributed by atoms with van der Waals surface area (Å²) in [4.78, 5) is 30.5. The van der Waals surface area contributed by atoms with Crippen LogP contribution < -0.4 is 10.6 Å². The Bertz CT molecular complexity index is 1410. The van der Waals surface area contributed by atoms with Crippen LogP contribution in [0.25, 0.3) is 11.0 Å². The molecule has 0 saturated carbocycles. The van der Waals surface area contributed by atoms with E-state index in [-0.39, 0.29) is 30.5 Å². The van der Waals surface area contributed by atoms with Gasteiger partial charge in [0.1, 0.15) is 17.3 Å². The molecule has 2 heterocycles. The molecule has 0 bridgehead atoms. The molecule has 0 fully saturated rings. The topological polar surface area (TPSA) is 85.2 Å². The molecule has 2 aromatic heterocycles. The highest BCUT2D eigenvalue weighted by atomic mass is 19.1. The molecule has 0 radical (unpaired) electrons. The summed E-state index contributed by atoms with van der Waals surface area (Å²) in [5.74, 6) is -2.05. The lowest BCUT2D eigenvalue weighted by Gasteiger charge is -2.12. The maximum absolute atomic E-state index is 13.6. The molecule has 0 aliphatic rings. The van der Waals surface area contributed by atoms with Gasteiger partial charge < -0.3 is 19.9 Å². The minimum atomic E-state index is -0.665. The van der Waals surface area contributed by atoms with E-state index in [0.717, 1.165) is 11.6 Å². The highest BCUT2D eigenvalue weighted by Gasteiger charge is 2.26. The number of halogens is 2. The Kier molecular flexibility index (Phi) is 7.81. The van der Waals surface area contributed by atoms with Gasteiger partial charge in [0.2, 0.25) is 5.91 Å². The van der Waals surface area contributed by atoms with Crippen molar-refractivity contribution in [3.63, 3.8) is 0 Å². The molecule has 2 N–H and O–H groups in total. The molecule has 0 saturated heterocycles. The van der Waals surface area contributed by atoms with Crippen molar-refractivity contribution in [2.75, 3.05) is 17.7 Å². The van der Waals surface area contributed by atoms with E-state index < -0.39 is 17.6 Å². The Morgan fingerprint density at radius 2 is 1.73 bits per heavy atom. The number of ether oxygens (including phenoxy) is 1. The van der Waals surface area contributed by atoms with Gasteiger partial charge >= 0.3 is 5.97 Å². The third kappa shape index (κ3) is 6.11. The van der Waals surface area contributed by atoms with Crippen molar-refractivity contribution >= 4 is 34.3 Å². The molecule has 0 atom stereocenters. The first-order valence-corrected chi connectivity index (χ1v) is 11.9.